The number of hydrogen-bond donors (Lipinski definition) is 1. The van der Waals surface area contributed by atoms with Gasteiger partial charge in [-0.2, -0.15) is 0 Å². The molecule has 1 aromatic carbocycles. The first-order valence-electron chi connectivity index (χ1n) is 7.00. The Bertz CT molecular complexity index is 812. The fraction of sp³-hybridized carbons (Fsp3) is 0.188. The molecule has 1 amide bonds. The van der Waals surface area contributed by atoms with Crippen molar-refractivity contribution in [1.29, 1.82) is 0 Å². The fourth-order valence-corrected chi connectivity index (χ4v) is 3.76. The van der Waals surface area contributed by atoms with E-state index in [2.05, 4.69) is 27.6 Å². The molecule has 2 heterocycles. The lowest BCUT2D eigenvalue weighted by Gasteiger charge is -1.98. The standard InChI is InChI=1S/C16H15N3O2S2/c1-10-8-13(11(2)21-10)14(20)17-15-18-19-16(23-15)22-9-12-6-4-3-5-7-12/h3-8H,9H2,1-2H3,(H,17,18,20). The number of amides is 1. The zero-order valence-electron chi connectivity index (χ0n) is 12.7. The zero-order valence-corrected chi connectivity index (χ0v) is 14.3. The Morgan fingerprint density at radius 1 is 1.26 bits per heavy atom. The predicted octanol–water partition coefficient (Wildman–Crippen LogP) is 4.29. The van der Waals surface area contributed by atoms with E-state index in [1.54, 1.807) is 24.8 Å². The van der Waals surface area contributed by atoms with Crippen LogP contribution in [0.25, 0.3) is 0 Å². The van der Waals surface area contributed by atoms with Crippen LogP contribution in [0.15, 0.2) is 45.2 Å². The number of thioether (sulfide) groups is 1. The number of rotatable bonds is 5. The average molecular weight is 345 g/mol. The van der Waals surface area contributed by atoms with E-state index >= 15 is 0 Å². The van der Waals surface area contributed by atoms with Crippen LogP contribution >= 0.6 is 23.1 Å². The molecule has 3 rings (SSSR count). The molecule has 5 nitrogen and oxygen atoms in total. The first kappa shape index (κ1) is 15.8. The van der Waals surface area contributed by atoms with Gasteiger partial charge in [-0.15, -0.1) is 10.2 Å². The van der Waals surface area contributed by atoms with E-state index in [1.807, 2.05) is 25.1 Å². The van der Waals surface area contributed by atoms with Gasteiger partial charge < -0.3 is 4.42 Å². The summed E-state index contributed by atoms with van der Waals surface area (Å²) < 4.78 is 6.19. The van der Waals surface area contributed by atoms with E-state index in [-0.39, 0.29) is 5.91 Å². The summed E-state index contributed by atoms with van der Waals surface area (Å²) in [5, 5.41) is 11.4. The molecule has 0 fully saturated rings. The maximum absolute atomic E-state index is 12.2. The Morgan fingerprint density at radius 3 is 2.74 bits per heavy atom. The van der Waals surface area contributed by atoms with E-state index in [0.29, 0.717) is 22.2 Å². The highest BCUT2D eigenvalue weighted by Gasteiger charge is 2.15. The van der Waals surface area contributed by atoms with Crippen LogP contribution < -0.4 is 5.32 Å². The number of nitrogens with zero attached hydrogens (tertiary/aromatic N) is 2. The Morgan fingerprint density at radius 2 is 2.04 bits per heavy atom. The first-order chi connectivity index (χ1) is 11.1. The normalized spacial score (nSPS) is 10.7. The third kappa shape index (κ3) is 4.00. The lowest BCUT2D eigenvalue weighted by Crippen LogP contribution is -2.11. The van der Waals surface area contributed by atoms with Crippen LogP contribution in [0, 0.1) is 13.8 Å². The average Bonchev–Trinajstić information content (AvgIpc) is 3.12. The molecule has 0 unspecified atom stereocenters. The summed E-state index contributed by atoms with van der Waals surface area (Å²) in [5.74, 6) is 1.91. The van der Waals surface area contributed by atoms with Gasteiger partial charge in [0.15, 0.2) is 4.34 Å². The van der Waals surface area contributed by atoms with Gasteiger partial charge in [0, 0.05) is 5.75 Å². The van der Waals surface area contributed by atoms with Crippen molar-refractivity contribution in [2.24, 2.45) is 0 Å². The van der Waals surface area contributed by atoms with Crippen molar-refractivity contribution in [2.45, 2.75) is 23.9 Å². The molecule has 0 atom stereocenters. The maximum Gasteiger partial charge on any atom is 0.261 e. The van der Waals surface area contributed by atoms with E-state index in [0.717, 1.165) is 10.1 Å². The van der Waals surface area contributed by atoms with Gasteiger partial charge in [-0.05, 0) is 25.5 Å². The predicted molar refractivity (Wildman–Crippen MR) is 92.0 cm³/mol. The molecule has 2 aromatic heterocycles. The number of anilines is 1. The second kappa shape index (κ2) is 6.97. The highest BCUT2D eigenvalue weighted by atomic mass is 32.2. The molecule has 0 spiro atoms. The maximum atomic E-state index is 12.2. The number of aryl methyl sites for hydroxylation is 2. The summed E-state index contributed by atoms with van der Waals surface area (Å²) in [5.41, 5.74) is 1.75. The largest absolute Gasteiger partial charge is 0.466 e. The van der Waals surface area contributed by atoms with Gasteiger partial charge >= 0.3 is 0 Å². The minimum absolute atomic E-state index is 0.227. The van der Waals surface area contributed by atoms with Crippen LogP contribution in [-0.2, 0) is 5.75 Å². The van der Waals surface area contributed by atoms with Crippen LogP contribution in [0.5, 0.6) is 0 Å². The number of nitrogens with one attached hydrogen (secondary N) is 1. The molecule has 0 aliphatic rings. The minimum atomic E-state index is -0.227. The summed E-state index contributed by atoms with van der Waals surface area (Å²) in [4.78, 5) is 12.2. The summed E-state index contributed by atoms with van der Waals surface area (Å²) in [6.45, 7) is 3.58. The van der Waals surface area contributed by atoms with Gasteiger partial charge in [0.1, 0.15) is 11.5 Å². The number of aromatic nitrogens is 2. The summed E-state index contributed by atoms with van der Waals surface area (Å²) in [6, 6.07) is 11.9. The lowest BCUT2D eigenvalue weighted by molar-refractivity contribution is 0.102. The Balaban J connectivity index is 1.61. The molecule has 7 heteroatoms. The number of carbonyl (C=O) groups is 1. The quantitative estimate of drug-likeness (QED) is 0.552. The van der Waals surface area contributed by atoms with Crippen LogP contribution in [0.2, 0.25) is 0 Å². The van der Waals surface area contributed by atoms with Gasteiger partial charge in [-0.3, -0.25) is 10.1 Å². The van der Waals surface area contributed by atoms with Crippen LogP contribution in [0.3, 0.4) is 0 Å². The molecular weight excluding hydrogens is 330 g/mol. The molecular formula is C16H15N3O2S2. The van der Waals surface area contributed by atoms with Gasteiger partial charge in [0.25, 0.3) is 5.91 Å². The van der Waals surface area contributed by atoms with Gasteiger partial charge in [0.2, 0.25) is 5.13 Å². The SMILES string of the molecule is Cc1cc(C(=O)Nc2nnc(SCc3ccccc3)s2)c(C)o1. The minimum Gasteiger partial charge on any atom is -0.466 e. The summed E-state index contributed by atoms with van der Waals surface area (Å²) in [7, 11) is 0. The van der Waals surface area contributed by atoms with Crippen molar-refractivity contribution in [2.75, 3.05) is 5.32 Å². The second-order valence-corrected chi connectivity index (χ2v) is 7.13. The number of carbonyl (C=O) groups excluding carboxylic acids is 1. The third-order valence-corrected chi connectivity index (χ3v) is 5.16. The molecule has 1 N–H and O–H groups in total. The zero-order chi connectivity index (χ0) is 16.2. The molecule has 3 aromatic rings. The molecule has 118 valence electrons. The smallest absolute Gasteiger partial charge is 0.261 e. The van der Waals surface area contributed by atoms with E-state index < -0.39 is 0 Å². The molecule has 23 heavy (non-hydrogen) atoms. The van der Waals surface area contributed by atoms with Crippen molar-refractivity contribution in [1.82, 2.24) is 10.2 Å². The van der Waals surface area contributed by atoms with Gasteiger partial charge in [0.05, 0.1) is 5.56 Å². The molecule has 0 radical (unpaired) electrons. The Hall–Kier alpha value is -2.12. The fourth-order valence-electron chi connectivity index (χ4n) is 2.06. The molecule has 0 bridgehead atoms. The summed E-state index contributed by atoms with van der Waals surface area (Å²) >= 11 is 2.97. The van der Waals surface area contributed by atoms with Crippen molar-refractivity contribution < 1.29 is 9.21 Å². The van der Waals surface area contributed by atoms with Crippen LogP contribution in [-0.4, -0.2) is 16.1 Å². The monoisotopic (exact) mass is 345 g/mol. The second-order valence-electron chi connectivity index (χ2n) is 4.93. The topological polar surface area (TPSA) is 68.0 Å². The Kier molecular flexibility index (Phi) is 4.78. The van der Waals surface area contributed by atoms with E-state index in [9.17, 15) is 4.79 Å². The Labute approximate surface area is 142 Å². The van der Waals surface area contributed by atoms with Gasteiger partial charge in [-0.25, -0.2) is 0 Å². The molecule has 0 aliphatic heterocycles. The molecule has 0 saturated carbocycles. The van der Waals surface area contributed by atoms with Crippen molar-refractivity contribution in [3.05, 3.63) is 59.0 Å². The van der Waals surface area contributed by atoms with Crippen molar-refractivity contribution in [3.8, 4) is 0 Å². The third-order valence-electron chi connectivity index (χ3n) is 3.12. The highest BCUT2D eigenvalue weighted by Crippen LogP contribution is 2.28. The number of furan rings is 1. The van der Waals surface area contributed by atoms with Crippen molar-refractivity contribution >= 4 is 34.1 Å². The first-order valence-corrected chi connectivity index (χ1v) is 8.80. The highest BCUT2D eigenvalue weighted by molar-refractivity contribution is 8.00. The number of hydrogen-bond acceptors (Lipinski definition) is 6. The molecule has 0 aliphatic carbocycles. The van der Waals surface area contributed by atoms with E-state index in [1.165, 1.54) is 16.9 Å². The van der Waals surface area contributed by atoms with Crippen LogP contribution in [0.1, 0.15) is 27.4 Å². The van der Waals surface area contributed by atoms with Gasteiger partial charge in [-0.1, -0.05) is 53.4 Å². The van der Waals surface area contributed by atoms with Crippen LogP contribution in [0.4, 0.5) is 5.13 Å². The summed E-state index contributed by atoms with van der Waals surface area (Å²) in [6.07, 6.45) is 0. The van der Waals surface area contributed by atoms with E-state index in [4.69, 9.17) is 4.42 Å². The number of benzene rings is 1. The lowest BCUT2D eigenvalue weighted by atomic mass is 10.2. The molecule has 0 saturated heterocycles. The van der Waals surface area contributed by atoms with Crippen molar-refractivity contribution in [3.63, 3.8) is 0 Å².